The first-order valence-electron chi connectivity index (χ1n) is 7.60. The van der Waals surface area contributed by atoms with Gasteiger partial charge in [0.25, 0.3) is 0 Å². The van der Waals surface area contributed by atoms with Gasteiger partial charge in [0.1, 0.15) is 0 Å². The number of hydrogen-bond donors (Lipinski definition) is 1. The van der Waals surface area contributed by atoms with Gasteiger partial charge in [-0.1, -0.05) is 0 Å². The Bertz CT molecular complexity index is 622. The van der Waals surface area contributed by atoms with Crippen molar-refractivity contribution >= 4 is 23.3 Å². The average Bonchev–Trinajstić information content (AvgIpc) is 3.08. The fraction of sp³-hybridized carbons (Fsp3) is 0.471. The highest BCUT2D eigenvalue weighted by Gasteiger charge is 2.51. The summed E-state index contributed by atoms with van der Waals surface area (Å²) in [5, 5.41) is 14.1. The van der Waals surface area contributed by atoms with E-state index < -0.39 is 17.8 Å². The standard InChI is InChI=1S/C17H19NO4/c1-9(19)10-4-6-13(7-5-10)18-16(20)14-11-2-3-12(8-11)15(14)17(21)22/h4-7,11-12,14-15H,2-3,8H2,1H3,(H,18,20)(H,21,22)/p-1/t11-,12+,14-,15-/m1/s1. The Morgan fingerprint density at radius 3 is 2.18 bits per heavy atom. The molecule has 1 amide bonds. The summed E-state index contributed by atoms with van der Waals surface area (Å²) in [5.41, 5.74) is 1.15. The molecule has 0 aromatic heterocycles. The topological polar surface area (TPSA) is 86.3 Å². The number of fused-ring (bicyclic) bond motifs is 2. The molecule has 0 aliphatic heterocycles. The van der Waals surface area contributed by atoms with Crippen molar-refractivity contribution in [3.8, 4) is 0 Å². The summed E-state index contributed by atoms with van der Waals surface area (Å²) in [7, 11) is 0. The molecule has 5 nitrogen and oxygen atoms in total. The number of anilines is 1. The average molecular weight is 300 g/mol. The highest BCUT2D eigenvalue weighted by atomic mass is 16.4. The fourth-order valence-corrected chi connectivity index (χ4v) is 4.02. The number of amides is 1. The molecule has 0 saturated heterocycles. The summed E-state index contributed by atoms with van der Waals surface area (Å²) >= 11 is 0. The van der Waals surface area contributed by atoms with E-state index in [1.807, 2.05) is 0 Å². The molecule has 1 aromatic rings. The Morgan fingerprint density at radius 1 is 1.05 bits per heavy atom. The van der Waals surface area contributed by atoms with Crippen molar-refractivity contribution in [2.45, 2.75) is 26.2 Å². The van der Waals surface area contributed by atoms with Crippen LogP contribution >= 0.6 is 0 Å². The van der Waals surface area contributed by atoms with Crippen molar-refractivity contribution < 1.29 is 19.5 Å². The predicted octanol–water partition coefficient (Wildman–Crippen LogP) is 1.24. The summed E-state index contributed by atoms with van der Waals surface area (Å²) in [5.74, 6) is -2.36. The molecular weight excluding hydrogens is 282 g/mol. The van der Waals surface area contributed by atoms with Crippen LogP contribution in [0.15, 0.2) is 24.3 Å². The second-order valence-electron chi connectivity index (χ2n) is 6.33. The van der Waals surface area contributed by atoms with E-state index in [1.54, 1.807) is 24.3 Å². The number of carbonyl (C=O) groups is 3. The molecule has 0 unspecified atom stereocenters. The van der Waals surface area contributed by atoms with Crippen LogP contribution < -0.4 is 10.4 Å². The van der Waals surface area contributed by atoms with Crippen molar-refractivity contribution in [1.82, 2.24) is 0 Å². The van der Waals surface area contributed by atoms with Crippen molar-refractivity contribution in [1.29, 1.82) is 0 Å². The molecule has 0 heterocycles. The zero-order chi connectivity index (χ0) is 15.9. The number of Topliss-reactive ketones (excluding diaryl/α,β-unsaturated/α-hetero) is 1. The Hall–Kier alpha value is -2.17. The molecule has 2 aliphatic rings. The lowest BCUT2D eigenvalue weighted by Gasteiger charge is -2.30. The van der Waals surface area contributed by atoms with E-state index >= 15 is 0 Å². The number of carboxylic acids is 1. The molecule has 3 rings (SSSR count). The highest BCUT2D eigenvalue weighted by molar-refractivity contribution is 5.97. The maximum Gasteiger partial charge on any atom is 0.228 e. The number of carboxylic acid groups (broad SMARTS) is 1. The molecule has 2 bridgehead atoms. The van der Waals surface area contributed by atoms with Gasteiger partial charge in [-0.15, -0.1) is 0 Å². The van der Waals surface area contributed by atoms with E-state index in [-0.39, 0.29) is 23.5 Å². The van der Waals surface area contributed by atoms with Gasteiger partial charge in [0, 0.05) is 29.1 Å². The molecule has 5 heteroatoms. The van der Waals surface area contributed by atoms with Gasteiger partial charge in [-0.25, -0.2) is 0 Å². The van der Waals surface area contributed by atoms with Crippen LogP contribution in [0.25, 0.3) is 0 Å². The van der Waals surface area contributed by atoms with E-state index in [4.69, 9.17) is 0 Å². The Labute approximate surface area is 128 Å². The summed E-state index contributed by atoms with van der Waals surface area (Å²) in [6.45, 7) is 1.48. The first-order chi connectivity index (χ1) is 10.5. The Morgan fingerprint density at radius 2 is 1.64 bits per heavy atom. The summed E-state index contributed by atoms with van der Waals surface area (Å²) in [4.78, 5) is 35.1. The summed E-state index contributed by atoms with van der Waals surface area (Å²) in [6.07, 6.45) is 2.59. The minimum Gasteiger partial charge on any atom is -0.550 e. The maximum atomic E-state index is 12.5. The van der Waals surface area contributed by atoms with Gasteiger partial charge in [0.05, 0.1) is 0 Å². The van der Waals surface area contributed by atoms with Gasteiger partial charge >= 0.3 is 0 Å². The number of carbonyl (C=O) groups excluding carboxylic acids is 3. The quantitative estimate of drug-likeness (QED) is 0.848. The molecular formula is C17H18NO4-. The lowest BCUT2D eigenvalue weighted by atomic mass is 9.78. The second-order valence-corrected chi connectivity index (χ2v) is 6.33. The molecule has 2 aliphatic carbocycles. The molecule has 4 atom stereocenters. The first kappa shape index (κ1) is 14.8. The number of benzene rings is 1. The Balaban J connectivity index is 1.73. The second kappa shape index (κ2) is 5.55. The number of ketones is 1. The monoisotopic (exact) mass is 300 g/mol. The van der Waals surface area contributed by atoms with Gasteiger partial charge in [0.15, 0.2) is 5.78 Å². The van der Waals surface area contributed by atoms with Crippen LogP contribution in [-0.4, -0.2) is 17.7 Å². The SMILES string of the molecule is CC(=O)c1ccc(NC(=O)[C@@H]2[C@@H]3CC[C@@H](C3)[C@H]2C(=O)[O-])cc1. The first-order valence-corrected chi connectivity index (χ1v) is 7.60. The van der Waals surface area contributed by atoms with Crippen molar-refractivity contribution in [3.63, 3.8) is 0 Å². The van der Waals surface area contributed by atoms with Crippen LogP contribution in [0, 0.1) is 23.7 Å². The van der Waals surface area contributed by atoms with Gasteiger partial charge in [-0.05, 0) is 62.3 Å². The van der Waals surface area contributed by atoms with Crippen molar-refractivity contribution in [2.75, 3.05) is 5.32 Å². The van der Waals surface area contributed by atoms with Crippen LogP contribution in [0.3, 0.4) is 0 Å². The van der Waals surface area contributed by atoms with Crippen LogP contribution in [0.5, 0.6) is 0 Å². The Kier molecular flexibility index (Phi) is 3.72. The summed E-state index contributed by atoms with van der Waals surface area (Å²) in [6, 6.07) is 6.62. The van der Waals surface area contributed by atoms with Crippen LogP contribution in [0.1, 0.15) is 36.5 Å². The zero-order valence-electron chi connectivity index (χ0n) is 12.4. The predicted molar refractivity (Wildman–Crippen MR) is 77.9 cm³/mol. The van der Waals surface area contributed by atoms with Crippen molar-refractivity contribution in [2.24, 2.45) is 23.7 Å². The highest BCUT2D eigenvalue weighted by Crippen LogP contribution is 2.52. The lowest BCUT2D eigenvalue weighted by Crippen LogP contribution is -2.43. The molecule has 1 N–H and O–H groups in total. The molecule has 1 aromatic carbocycles. The van der Waals surface area contributed by atoms with E-state index in [9.17, 15) is 19.5 Å². The minimum absolute atomic E-state index is 0.0389. The number of aliphatic carboxylic acids is 1. The number of hydrogen-bond acceptors (Lipinski definition) is 4. The number of nitrogens with one attached hydrogen (secondary N) is 1. The van der Waals surface area contributed by atoms with E-state index in [0.29, 0.717) is 11.3 Å². The van der Waals surface area contributed by atoms with E-state index in [0.717, 1.165) is 19.3 Å². The van der Waals surface area contributed by atoms with Crippen molar-refractivity contribution in [3.05, 3.63) is 29.8 Å². The van der Waals surface area contributed by atoms with Crippen LogP contribution in [0.4, 0.5) is 5.69 Å². The zero-order valence-corrected chi connectivity index (χ0v) is 12.4. The van der Waals surface area contributed by atoms with E-state index in [2.05, 4.69) is 5.32 Å². The van der Waals surface area contributed by atoms with E-state index in [1.165, 1.54) is 6.92 Å². The van der Waals surface area contributed by atoms with Gasteiger partial charge in [-0.3, -0.25) is 9.59 Å². The number of rotatable bonds is 4. The van der Waals surface area contributed by atoms with Crippen LogP contribution in [0.2, 0.25) is 0 Å². The van der Waals surface area contributed by atoms with Gasteiger partial charge in [0.2, 0.25) is 5.91 Å². The summed E-state index contributed by atoms with van der Waals surface area (Å²) < 4.78 is 0. The van der Waals surface area contributed by atoms with Gasteiger partial charge < -0.3 is 15.2 Å². The molecule has 2 fully saturated rings. The third-order valence-corrected chi connectivity index (χ3v) is 5.05. The molecule has 0 spiro atoms. The normalized spacial score (nSPS) is 29.3. The third kappa shape index (κ3) is 2.51. The molecule has 22 heavy (non-hydrogen) atoms. The van der Waals surface area contributed by atoms with Crippen LogP contribution in [-0.2, 0) is 9.59 Å². The molecule has 0 radical (unpaired) electrons. The third-order valence-electron chi connectivity index (χ3n) is 5.05. The lowest BCUT2D eigenvalue weighted by molar-refractivity contribution is -0.314. The largest absolute Gasteiger partial charge is 0.550 e. The fourth-order valence-electron chi connectivity index (χ4n) is 4.02. The molecule has 116 valence electrons. The maximum absolute atomic E-state index is 12.5. The smallest absolute Gasteiger partial charge is 0.228 e. The minimum atomic E-state index is -1.11. The van der Waals surface area contributed by atoms with Gasteiger partial charge in [-0.2, -0.15) is 0 Å². The molecule has 2 saturated carbocycles.